The summed E-state index contributed by atoms with van der Waals surface area (Å²) >= 11 is 0. The summed E-state index contributed by atoms with van der Waals surface area (Å²) in [4.78, 5) is 16.2. The van der Waals surface area contributed by atoms with Gasteiger partial charge >= 0.3 is 0 Å². The highest BCUT2D eigenvalue weighted by molar-refractivity contribution is 5.43. The van der Waals surface area contributed by atoms with E-state index in [0.29, 0.717) is 11.3 Å². The highest BCUT2D eigenvalue weighted by atomic mass is 16.3. The molecule has 0 bridgehead atoms. The number of rotatable bonds is 1. The van der Waals surface area contributed by atoms with E-state index in [-0.39, 0.29) is 11.3 Å². The Balaban J connectivity index is 0.000000861. The normalized spacial score (nSPS) is 9.74. The van der Waals surface area contributed by atoms with Gasteiger partial charge in [-0.25, -0.2) is 0 Å². The van der Waals surface area contributed by atoms with Crippen LogP contribution in [0.2, 0.25) is 0 Å². The van der Waals surface area contributed by atoms with Gasteiger partial charge in [0.15, 0.2) is 0 Å². The monoisotopic (exact) mass is 260 g/mol. The minimum absolute atomic E-state index is 0.0375. The molecule has 0 saturated heterocycles. The maximum atomic E-state index is 12.1. The molecule has 2 aromatic rings. The molecule has 0 aliphatic heterocycles. The van der Waals surface area contributed by atoms with Crippen LogP contribution in [0, 0.1) is 20.8 Å². The summed E-state index contributed by atoms with van der Waals surface area (Å²) in [5.41, 5.74) is 2.57. The van der Waals surface area contributed by atoms with Gasteiger partial charge in [0.05, 0.1) is 11.3 Å². The van der Waals surface area contributed by atoms with Gasteiger partial charge in [-0.3, -0.25) is 14.3 Å². The van der Waals surface area contributed by atoms with Crippen LogP contribution >= 0.6 is 0 Å². The van der Waals surface area contributed by atoms with Crippen molar-refractivity contribution >= 4 is 0 Å². The Morgan fingerprint density at radius 1 is 1.21 bits per heavy atom. The number of hydrogen-bond acceptors (Lipinski definition) is 3. The number of aromatic nitrogens is 2. The zero-order chi connectivity index (χ0) is 14.6. The highest BCUT2D eigenvalue weighted by Crippen LogP contribution is 2.18. The van der Waals surface area contributed by atoms with E-state index >= 15 is 0 Å². The number of pyridine rings is 2. The third-order valence-electron chi connectivity index (χ3n) is 2.84. The van der Waals surface area contributed by atoms with Gasteiger partial charge in [0.25, 0.3) is 5.56 Å². The van der Waals surface area contributed by atoms with Gasteiger partial charge in [0.1, 0.15) is 5.75 Å². The molecule has 4 heteroatoms. The maximum Gasteiger partial charge on any atom is 0.261 e. The number of hydrogen-bond donors (Lipinski definition) is 1. The third kappa shape index (κ3) is 2.84. The lowest BCUT2D eigenvalue weighted by Crippen LogP contribution is -2.23. The predicted molar refractivity (Wildman–Crippen MR) is 77.1 cm³/mol. The van der Waals surface area contributed by atoms with Gasteiger partial charge < -0.3 is 5.11 Å². The SMILES string of the molecule is CC.Cc1cnccc1-n1c(C)cc(O)c(C)c1=O. The molecule has 19 heavy (non-hydrogen) atoms. The highest BCUT2D eigenvalue weighted by Gasteiger charge is 2.11. The van der Waals surface area contributed by atoms with Crippen LogP contribution in [0.1, 0.15) is 30.7 Å². The zero-order valence-corrected chi connectivity index (χ0v) is 12.1. The van der Waals surface area contributed by atoms with Crippen molar-refractivity contribution in [1.82, 2.24) is 9.55 Å². The van der Waals surface area contributed by atoms with Crippen LogP contribution in [-0.2, 0) is 0 Å². The van der Waals surface area contributed by atoms with Crippen molar-refractivity contribution in [2.45, 2.75) is 34.6 Å². The largest absolute Gasteiger partial charge is 0.507 e. The Morgan fingerprint density at radius 2 is 1.84 bits per heavy atom. The Labute approximate surface area is 113 Å². The second kappa shape index (κ2) is 6.18. The molecule has 0 spiro atoms. The van der Waals surface area contributed by atoms with Crippen LogP contribution in [0.15, 0.2) is 29.3 Å². The molecule has 0 aliphatic rings. The van der Waals surface area contributed by atoms with E-state index in [2.05, 4.69) is 4.98 Å². The topological polar surface area (TPSA) is 55.1 Å². The minimum atomic E-state index is -0.197. The molecular formula is C15H20N2O2. The second-order valence-corrected chi connectivity index (χ2v) is 4.10. The van der Waals surface area contributed by atoms with Crippen molar-refractivity contribution in [3.63, 3.8) is 0 Å². The van der Waals surface area contributed by atoms with Crippen molar-refractivity contribution in [2.75, 3.05) is 0 Å². The summed E-state index contributed by atoms with van der Waals surface area (Å²) in [6.45, 7) is 9.31. The fourth-order valence-electron chi connectivity index (χ4n) is 1.82. The van der Waals surface area contributed by atoms with Gasteiger partial charge in [0.2, 0.25) is 0 Å². The van der Waals surface area contributed by atoms with Crippen molar-refractivity contribution in [3.05, 3.63) is 51.7 Å². The first-order valence-corrected chi connectivity index (χ1v) is 6.35. The van der Waals surface area contributed by atoms with Gasteiger partial charge in [-0.15, -0.1) is 0 Å². The Morgan fingerprint density at radius 3 is 2.42 bits per heavy atom. The molecule has 0 unspecified atom stereocenters. The summed E-state index contributed by atoms with van der Waals surface area (Å²) in [5, 5.41) is 9.60. The average Bonchev–Trinajstić information content (AvgIpc) is 2.41. The first-order chi connectivity index (χ1) is 9.02. The quantitative estimate of drug-likeness (QED) is 0.857. The first kappa shape index (κ1) is 15.0. The molecule has 102 valence electrons. The fraction of sp³-hybridized carbons (Fsp3) is 0.333. The van der Waals surface area contributed by atoms with E-state index < -0.39 is 0 Å². The van der Waals surface area contributed by atoms with E-state index in [1.807, 2.05) is 20.8 Å². The van der Waals surface area contributed by atoms with Crippen molar-refractivity contribution < 1.29 is 5.11 Å². The van der Waals surface area contributed by atoms with Gasteiger partial charge in [-0.1, -0.05) is 13.8 Å². The van der Waals surface area contributed by atoms with E-state index in [9.17, 15) is 9.90 Å². The molecule has 2 rings (SSSR count). The minimum Gasteiger partial charge on any atom is -0.507 e. The predicted octanol–water partition coefficient (Wildman–Crippen LogP) is 2.89. The van der Waals surface area contributed by atoms with Crippen molar-refractivity contribution in [3.8, 4) is 11.4 Å². The molecule has 0 atom stereocenters. The molecule has 0 aliphatic carbocycles. The van der Waals surface area contributed by atoms with E-state index in [1.54, 1.807) is 42.9 Å². The summed E-state index contributed by atoms with van der Waals surface area (Å²) in [6, 6.07) is 3.39. The van der Waals surface area contributed by atoms with Crippen LogP contribution in [0.4, 0.5) is 0 Å². The lowest BCUT2D eigenvalue weighted by molar-refractivity contribution is 0.467. The van der Waals surface area contributed by atoms with Gasteiger partial charge in [-0.05, 0) is 32.4 Å². The molecule has 2 heterocycles. The summed E-state index contributed by atoms with van der Waals surface area (Å²) in [7, 11) is 0. The second-order valence-electron chi connectivity index (χ2n) is 4.10. The Hall–Kier alpha value is -2.10. The summed E-state index contributed by atoms with van der Waals surface area (Å²) in [5.74, 6) is 0.0375. The van der Waals surface area contributed by atoms with Crippen molar-refractivity contribution in [1.29, 1.82) is 0 Å². The summed E-state index contributed by atoms with van der Waals surface area (Å²) < 4.78 is 1.59. The molecule has 1 N–H and O–H groups in total. The fourth-order valence-corrected chi connectivity index (χ4v) is 1.82. The maximum absolute atomic E-state index is 12.1. The molecule has 0 saturated carbocycles. The van der Waals surface area contributed by atoms with E-state index in [4.69, 9.17) is 0 Å². The number of aryl methyl sites for hydroxylation is 2. The van der Waals surface area contributed by atoms with Crippen LogP contribution in [-0.4, -0.2) is 14.7 Å². The van der Waals surface area contributed by atoms with Crippen LogP contribution < -0.4 is 5.56 Å². The third-order valence-corrected chi connectivity index (χ3v) is 2.84. The van der Waals surface area contributed by atoms with Crippen LogP contribution in [0.25, 0.3) is 5.69 Å². The standard InChI is InChI=1S/C13H14N2O2.C2H6/c1-8-7-14-5-4-11(8)15-9(2)6-12(16)10(3)13(15)17;1-2/h4-7,16H,1-3H3;1-2H3. The molecule has 4 nitrogen and oxygen atoms in total. The molecule has 0 radical (unpaired) electrons. The Bertz CT molecular complexity index is 631. The lowest BCUT2D eigenvalue weighted by Gasteiger charge is -2.13. The number of nitrogens with zero attached hydrogens (tertiary/aromatic N) is 2. The Kier molecular flexibility index (Phi) is 4.87. The average molecular weight is 260 g/mol. The molecule has 0 aromatic carbocycles. The molecule has 2 aromatic heterocycles. The van der Waals surface area contributed by atoms with Crippen molar-refractivity contribution in [2.24, 2.45) is 0 Å². The molecular weight excluding hydrogens is 240 g/mol. The number of aromatic hydroxyl groups is 1. The lowest BCUT2D eigenvalue weighted by atomic mass is 10.2. The zero-order valence-electron chi connectivity index (χ0n) is 12.1. The smallest absolute Gasteiger partial charge is 0.261 e. The molecule has 0 fully saturated rings. The van der Waals surface area contributed by atoms with Crippen LogP contribution in [0.5, 0.6) is 5.75 Å². The first-order valence-electron chi connectivity index (χ1n) is 6.35. The van der Waals surface area contributed by atoms with Crippen LogP contribution in [0.3, 0.4) is 0 Å². The molecule has 0 amide bonds. The summed E-state index contributed by atoms with van der Waals surface area (Å²) in [6.07, 6.45) is 3.36. The van der Waals surface area contributed by atoms with Gasteiger partial charge in [-0.2, -0.15) is 0 Å². The van der Waals surface area contributed by atoms with Gasteiger partial charge in [0, 0.05) is 24.2 Å². The van der Waals surface area contributed by atoms with E-state index in [1.165, 1.54) is 0 Å². The van der Waals surface area contributed by atoms with E-state index in [0.717, 1.165) is 11.3 Å².